The Hall–Kier alpha value is -2.49. The van der Waals surface area contributed by atoms with Gasteiger partial charge in [-0.05, 0) is 51.0 Å². The number of nitrogens with one attached hydrogen (secondary N) is 1. The summed E-state index contributed by atoms with van der Waals surface area (Å²) in [5, 5.41) is 2.93. The number of amides is 1. The van der Waals surface area contributed by atoms with Gasteiger partial charge in [-0.25, -0.2) is 0 Å². The Bertz CT molecular complexity index is 682. The molecule has 2 rings (SSSR count). The Balaban J connectivity index is 1.82. The van der Waals surface area contributed by atoms with Crippen molar-refractivity contribution < 1.29 is 14.3 Å². The highest BCUT2D eigenvalue weighted by Gasteiger charge is 2.18. The van der Waals surface area contributed by atoms with Crippen molar-refractivity contribution in [2.45, 2.75) is 46.3 Å². The number of ether oxygens (including phenoxy) is 2. The molecule has 2 aromatic carbocycles. The van der Waals surface area contributed by atoms with E-state index in [4.69, 9.17) is 9.47 Å². The van der Waals surface area contributed by atoms with Gasteiger partial charge in [-0.1, -0.05) is 42.8 Å². The summed E-state index contributed by atoms with van der Waals surface area (Å²) >= 11 is 0. The second-order valence-corrected chi connectivity index (χ2v) is 6.26. The van der Waals surface area contributed by atoms with Crippen LogP contribution in [-0.4, -0.2) is 24.7 Å². The number of hydrogen-bond acceptors (Lipinski definition) is 3. The largest absolute Gasteiger partial charge is 0.491 e. The van der Waals surface area contributed by atoms with E-state index in [1.165, 1.54) is 5.56 Å². The Morgan fingerprint density at radius 2 is 1.76 bits per heavy atom. The van der Waals surface area contributed by atoms with Crippen LogP contribution in [0, 0.1) is 6.92 Å². The topological polar surface area (TPSA) is 47.6 Å². The summed E-state index contributed by atoms with van der Waals surface area (Å²) in [6, 6.07) is 15.5. The van der Waals surface area contributed by atoms with Gasteiger partial charge in [0.05, 0.1) is 6.04 Å². The van der Waals surface area contributed by atoms with E-state index in [0.717, 1.165) is 23.5 Å². The summed E-state index contributed by atoms with van der Waals surface area (Å²) in [6.45, 7) is 8.18. The molecule has 4 nitrogen and oxygen atoms in total. The van der Waals surface area contributed by atoms with Crippen molar-refractivity contribution >= 4 is 5.91 Å². The van der Waals surface area contributed by atoms with Gasteiger partial charge < -0.3 is 14.8 Å². The highest BCUT2D eigenvalue weighted by atomic mass is 16.5. The minimum Gasteiger partial charge on any atom is -0.491 e. The van der Waals surface area contributed by atoms with Gasteiger partial charge in [-0.15, -0.1) is 0 Å². The van der Waals surface area contributed by atoms with Crippen LogP contribution in [0.15, 0.2) is 48.5 Å². The number of carbonyl (C=O) groups is 1. The third kappa shape index (κ3) is 5.82. The first-order chi connectivity index (χ1) is 12.0. The molecular weight excluding hydrogens is 314 g/mol. The molecule has 0 fully saturated rings. The maximum Gasteiger partial charge on any atom is 0.261 e. The van der Waals surface area contributed by atoms with E-state index < -0.39 is 6.10 Å². The van der Waals surface area contributed by atoms with Gasteiger partial charge in [0.1, 0.15) is 18.1 Å². The number of para-hydroxylation sites is 1. The van der Waals surface area contributed by atoms with E-state index in [-0.39, 0.29) is 11.9 Å². The Morgan fingerprint density at radius 3 is 2.44 bits per heavy atom. The molecule has 1 N–H and O–H groups in total. The average Bonchev–Trinajstić information content (AvgIpc) is 2.61. The van der Waals surface area contributed by atoms with Gasteiger partial charge >= 0.3 is 0 Å². The maximum atomic E-state index is 12.3. The van der Waals surface area contributed by atoms with Gasteiger partial charge in [0, 0.05) is 0 Å². The van der Waals surface area contributed by atoms with Crippen LogP contribution in [-0.2, 0) is 11.2 Å². The predicted octanol–water partition coefficient (Wildman–Crippen LogP) is 3.91. The van der Waals surface area contributed by atoms with E-state index in [1.807, 2.05) is 62.4 Å². The van der Waals surface area contributed by atoms with Crippen LogP contribution < -0.4 is 14.8 Å². The van der Waals surface area contributed by atoms with E-state index in [9.17, 15) is 4.79 Å². The lowest BCUT2D eigenvalue weighted by molar-refractivity contribution is -0.128. The van der Waals surface area contributed by atoms with Crippen LogP contribution in [0.5, 0.6) is 11.5 Å². The minimum atomic E-state index is -0.561. The van der Waals surface area contributed by atoms with Crippen molar-refractivity contribution in [3.05, 3.63) is 59.7 Å². The molecule has 0 aliphatic rings. The second-order valence-electron chi connectivity index (χ2n) is 6.26. The number of rotatable bonds is 8. The lowest BCUT2D eigenvalue weighted by Crippen LogP contribution is -2.43. The number of benzene rings is 2. The van der Waals surface area contributed by atoms with Crippen LogP contribution in [0.2, 0.25) is 0 Å². The van der Waals surface area contributed by atoms with Crippen molar-refractivity contribution in [1.82, 2.24) is 5.32 Å². The molecule has 0 heterocycles. The molecule has 0 aliphatic heterocycles. The molecule has 0 saturated carbocycles. The van der Waals surface area contributed by atoms with Crippen molar-refractivity contribution in [2.24, 2.45) is 0 Å². The molecule has 0 aromatic heterocycles. The highest BCUT2D eigenvalue weighted by Crippen LogP contribution is 2.19. The smallest absolute Gasteiger partial charge is 0.261 e. The molecule has 0 bridgehead atoms. The molecular formula is C21H27NO3. The number of carbonyl (C=O) groups excluding carboxylic acids is 1. The number of aryl methyl sites for hydroxylation is 2. The standard InChI is InChI=1S/C21H27NO3/c1-5-18-8-6-7-9-20(18)25-17(4)21(23)22-16(3)14-24-19-12-10-15(2)11-13-19/h6-13,16-17H,5,14H2,1-4H3,(H,22,23)/t16-,17+/m1/s1. The highest BCUT2D eigenvalue weighted by molar-refractivity contribution is 5.81. The van der Waals surface area contributed by atoms with Crippen molar-refractivity contribution in [1.29, 1.82) is 0 Å². The van der Waals surface area contributed by atoms with E-state index >= 15 is 0 Å². The van der Waals surface area contributed by atoms with Crippen molar-refractivity contribution in [3.63, 3.8) is 0 Å². The first-order valence-electron chi connectivity index (χ1n) is 8.74. The zero-order valence-electron chi connectivity index (χ0n) is 15.4. The molecule has 134 valence electrons. The van der Waals surface area contributed by atoms with Gasteiger partial charge in [0.15, 0.2) is 6.10 Å². The zero-order valence-corrected chi connectivity index (χ0v) is 15.4. The van der Waals surface area contributed by atoms with E-state index in [2.05, 4.69) is 12.2 Å². The molecule has 0 aliphatic carbocycles. The molecule has 2 aromatic rings. The summed E-state index contributed by atoms with van der Waals surface area (Å²) in [5.74, 6) is 1.41. The quantitative estimate of drug-likeness (QED) is 0.792. The third-order valence-corrected chi connectivity index (χ3v) is 3.94. The number of hydrogen-bond donors (Lipinski definition) is 1. The summed E-state index contributed by atoms with van der Waals surface area (Å²) < 4.78 is 11.5. The lowest BCUT2D eigenvalue weighted by Gasteiger charge is -2.20. The second kappa shape index (κ2) is 9.11. The van der Waals surface area contributed by atoms with E-state index in [0.29, 0.717) is 6.61 Å². The molecule has 4 heteroatoms. The van der Waals surface area contributed by atoms with Crippen molar-refractivity contribution in [3.8, 4) is 11.5 Å². The Labute approximate surface area is 150 Å². The van der Waals surface area contributed by atoms with Gasteiger partial charge in [-0.3, -0.25) is 4.79 Å². The first kappa shape index (κ1) is 18.8. The van der Waals surface area contributed by atoms with Crippen LogP contribution in [0.4, 0.5) is 0 Å². The van der Waals surface area contributed by atoms with E-state index in [1.54, 1.807) is 6.92 Å². The monoisotopic (exact) mass is 341 g/mol. The summed E-state index contributed by atoms with van der Waals surface area (Å²) in [7, 11) is 0. The van der Waals surface area contributed by atoms with Crippen LogP contribution in [0.1, 0.15) is 31.9 Å². The lowest BCUT2D eigenvalue weighted by atomic mass is 10.1. The summed E-state index contributed by atoms with van der Waals surface area (Å²) in [6.07, 6.45) is 0.306. The molecule has 0 unspecified atom stereocenters. The van der Waals surface area contributed by atoms with Crippen molar-refractivity contribution in [2.75, 3.05) is 6.61 Å². The zero-order chi connectivity index (χ0) is 18.2. The normalized spacial score (nSPS) is 13.0. The third-order valence-electron chi connectivity index (χ3n) is 3.94. The maximum absolute atomic E-state index is 12.3. The minimum absolute atomic E-state index is 0.110. The summed E-state index contributed by atoms with van der Waals surface area (Å²) in [5.41, 5.74) is 2.28. The van der Waals surface area contributed by atoms with Crippen LogP contribution in [0.3, 0.4) is 0 Å². The predicted molar refractivity (Wildman–Crippen MR) is 100 cm³/mol. The molecule has 25 heavy (non-hydrogen) atoms. The Kier molecular flexibility index (Phi) is 6.87. The molecule has 0 spiro atoms. The fourth-order valence-corrected chi connectivity index (χ4v) is 2.41. The molecule has 0 radical (unpaired) electrons. The fraction of sp³-hybridized carbons (Fsp3) is 0.381. The van der Waals surface area contributed by atoms with Gasteiger partial charge in [0.2, 0.25) is 0 Å². The fourth-order valence-electron chi connectivity index (χ4n) is 2.41. The van der Waals surface area contributed by atoms with Crippen LogP contribution in [0.25, 0.3) is 0 Å². The summed E-state index contributed by atoms with van der Waals surface area (Å²) in [4.78, 5) is 12.3. The molecule has 2 atom stereocenters. The van der Waals surface area contributed by atoms with Crippen LogP contribution >= 0.6 is 0 Å². The van der Waals surface area contributed by atoms with Gasteiger partial charge in [-0.2, -0.15) is 0 Å². The first-order valence-corrected chi connectivity index (χ1v) is 8.74. The SMILES string of the molecule is CCc1ccccc1O[C@@H](C)C(=O)N[C@H](C)COc1ccc(C)cc1. The Morgan fingerprint density at radius 1 is 1.08 bits per heavy atom. The van der Waals surface area contributed by atoms with Gasteiger partial charge in [0.25, 0.3) is 5.91 Å². The molecule has 1 amide bonds. The average molecular weight is 341 g/mol. The molecule has 0 saturated heterocycles.